The van der Waals surface area contributed by atoms with Gasteiger partial charge in [-0.05, 0) is 23.8 Å². The van der Waals surface area contributed by atoms with Crippen molar-refractivity contribution in [3.05, 3.63) is 71.2 Å². The number of hydrogen-bond donors (Lipinski definition) is 2. The van der Waals surface area contributed by atoms with Crippen LogP contribution in [0.1, 0.15) is 22.9 Å². The molecule has 4 rings (SSSR count). The number of para-hydroxylation sites is 1. The van der Waals surface area contributed by atoms with Crippen molar-refractivity contribution >= 4 is 16.9 Å². The molecule has 0 spiro atoms. The van der Waals surface area contributed by atoms with Gasteiger partial charge in [0.2, 0.25) is 0 Å². The molecule has 0 fully saturated rings. The highest BCUT2D eigenvalue weighted by molar-refractivity contribution is 5.86. The van der Waals surface area contributed by atoms with Crippen molar-refractivity contribution in [1.29, 1.82) is 0 Å². The van der Waals surface area contributed by atoms with Gasteiger partial charge in [0.15, 0.2) is 6.04 Å². The Kier molecular flexibility index (Phi) is 3.16. The standard InChI is InChI=1S/C18H15FN2O2/c19-13-7-3-1-6-11(13)16-17-12(9-15(21-16)18(22)23)10-5-2-4-8-14(10)20-17/h1-8,15-16,20-21H,9H2,(H,22,23)/t15-,16-/m1/s1. The summed E-state index contributed by atoms with van der Waals surface area (Å²) in [5, 5.41) is 14.1. The zero-order chi connectivity index (χ0) is 16.0. The van der Waals surface area contributed by atoms with E-state index in [1.54, 1.807) is 23.5 Å². The van der Waals surface area contributed by atoms with E-state index in [9.17, 15) is 14.3 Å². The van der Waals surface area contributed by atoms with Crippen LogP contribution in [0, 0.1) is 5.82 Å². The highest BCUT2D eigenvalue weighted by Crippen LogP contribution is 2.32. The van der Waals surface area contributed by atoms with Crippen LogP contribution in [0.15, 0.2) is 48.5 Å². The number of aromatic nitrogens is 1. The van der Waals surface area contributed by atoms with Crippen molar-refractivity contribution in [3.8, 4) is 0 Å². The number of carbonyl (C=O) groups excluding carboxylic acids is 1. The number of quaternary nitrogens is 1. The van der Waals surface area contributed by atoms with E-state index in [4.69, 9.17) is 0 Å². The predicted octanol–water partition coefficient (Wildman–Crippen LogP) is 0.634. The Balaban J connectivity index is 1.93. The molecule has 3 aromatic rings. The maximum absolute atomic E-state index is 14.3. The molecule has 116 valence electrons. The highest BCUT2D eigenvalue weighted by atomic mass is 19.1. The van der Waals surface area contributed by atoms with Crippen molar-refractivity contribution < 1.29 is 19.6 Å². The number of benzene rings is 2. The van der Waals surface area contributed by atoms with Crippen LogP contribution in [0.3, 0.4) is 0 Å². The molecule has 1 aliphatic heterocycles. The fraction of sp³-hybridized carbons (Fsp3) is 0.167. The Morgan fingerprint density at radius 2 is 1.91 bits per heavy atom. The van der Waals surface area contributed by atoms with Gasteiger partial charge < -0.3 is 20.2 Å². The molecule has 0 amide bonds. The molecule has 0 saturated heterocycles. The molecule has 2 aromatic carbocycles. The second-order valence-electron chi connectivity index (χ2n) is 5.88. The zero-order valence-electron chi connectivity index (χ0n) is 12.3. The van der Waals surface area contributed by atoms with Gasteiger partial charge >= 0.3 is 0 Å². The number of nitrogens with one attached hydrogen (secondary N) is 1. The van der Waals surface area contributed by atoms with E-state index in [2.05, 4.69) is 4.98 Å². The fourth-order valence-electron chi connectivity index (χ4n) is 3.47. The number of H-pyrrole nitrogens is 1. The summed E-state index contributed by atoms with van der Waals surface area (Å²) in [6, 6.07) is 13.1. The third-order valence-corrected chi connectivity index (χ3v) is 4.55. The first-order valence-corrected chi connectivity index (χ1v) is 7.55. The van der Waals surface area contributed by atoms with Gasteiger partial charge in [0.1, 0.15) is 11.9 Å². The largest absolute Gasteiger partial charge is 0.544 e. The maximum Gasteiger partial charge on any atom is 0.156 e. The van der Waals surface area contributed by atoms with Crippen LogP contribution < -0.4 is 10.4 Å². The molecule has 23 heavy (non-hydrogen) atoms. The monoisotopic (exact) mass is 310 g/mol. The number of aromatic amines is 1. The number of aliphatic carboxylic acids is 1. The van der Waals surface area contributed by atoms with Gasteiger partial charge in [-0.25, -0.2) is 4.39 Å². The van der Waals surface area contributed by atoms with E-state index in [0.717, 1.165) is 22.2 Å². The molecule has 1 aromatic heterocycles. The quantitative estimate of drug-likeness (QED) is 0.729. The lowest BCUT2D eigenvalue weighted by Crippen LogP contribution is -2.95. The Labute approximate surface area is 132 Å². The molecule has 2 atom stereocenters. The Morgan fingerprint density at radius 3 is 2.70 bits per heavy atom. The van der Waals surface area contributed by atoms with Gasteiger partial charge in [-0.1, -0.05) is 30.3 Å². The van der Waals surface area contributed by atoms with Crippen LogP contribution in [0.5, 0.6) is 0 Å². The van der Waals surface area contributed by atoms with Gasteiger partial charge in [0, 0.05) is 17.3 Å². The minimum absolute atomic E-state index is 0.336. The summed E-state index contributed by atoms with van der Waals surface area (Å²) in [5.74, 6) is -1.46. The van der Waals surface area contributed by atoms with Crippen LogP contribution in [0.2, 0.25) is 0 Å². The lowest BCUT2D eigenvalue weighted by molar-refractivity contribution is -0.717. The molecule has 1 aliphatic rings. The average molecular weight is 310 g/mol. The molecule has 0 aliphatic carbocycles. The van der Waals surface area contributed by atoms with Crippen molar-refractivity contribution in [2.45, 2.75) is 18.5 Å². The minimum atomic E-state index is -1.12. The topological polar surface area (TPSA) is 72.5 Å². The molecular weight excluding hydrogens is 295 g/mol. The maximum atomic E-state index is 14.3. The number of carbonyl (C=O) groups is 1. The molecule has 4 nitrogen and oxygen atoms in total. The zero-order valence-corrected chi connectivity index (χ0v) is 12.3. The molecule has 5 heteroatoms. The molecule has 0 saturated carbocycles. The summed E-state index contributed by atoms with van der Waals surface area (Å²) in [7, 11) is 0. The third kappa shape index (κ3) is 2.21. The normalized spacial score (nSPS) is 20.4. The van der Waals surface area contributed by atoms with Gasteiger partial charge in [0.05, 0.1) is 17.2 Å². The van der Waals surface area contributed by atoms with E-state index in [1.165, 1.54) is 6.07 Å². The second-order valence-corrected chi connectivity index (χ2v) is 5.88. The number of hydrogen-bond acceptors (Lipinski definition) is 2. The third-order valence-electron chi connectivity index (χ3n) is 4.55. The molecule has 3 N–H and O–H groups in total. The summed E-state index contributed by atoms with van der Waals surface area (Å²) >= 11 is 0. The second kappa shape index (κ2) is 5.21. The SMILES string of the molecule is O=C([O-])[C@H]1Cc2c([nH]c3ccccc23)[C@@H](c2ccccc2F)[NH2+]1. The smallest absolute Gasteiger partial charge is 0.156 e. The van der Waals surface area contributed by atoms with Gasteiger partial charge in [0.25, 0.3) is 0 Å². The summed E-state index contributed by atoms with van der Waals surface area (Å²) < 4.78 is 14.3. The van der Waals surface area contributed by atoms with E-state index in [-0.39, 0.29) is 5.82 Å². The summed E-state index contributed by atoms with van der Waals surface area (Å²) in [4.78, 5) is 14.8. The van der Waals surface area contributed by atoms with Crippen LogP contribution >= 0.6 is 0 Å². The van der Waals surface area contributed by atoms with Crippen LogP contribution in [0.4, 0.5) is 4.39 Å². The van der Waals surface area contributed by atoms with Crippen LogP contribution in [0.25, 0.3) is 10.9 Å². The van der Waals surface area contributed by atoms with Gasteiger partial charge in [-0.15, -0.1) is 0 Å². The van der Waals surface area contributed by atoms with Crippen molar-refractivity contribution in [2.24, 2.45) is 0 Å². The molecule has 0 unspecified atom stereocenters. The van der Waals surface area contributed by atoms with E-state index in [0.29, 0.717) is 12.0 Å². The minimum Gasteiger partial charge on any atom is -0.544 e. The Hall–Kier alpha value is -2.66. The molecular formula is C18H15FN2O2. The van der Waals surface area contributed by atoms with E-state index >= 15 is 0 Å². The number of nitrogens with two attached hydrogens (primary N) is 1. The summed E-state index contributed by atoms with van der Waals surface area (Å²) in [6.07, 6.45) is 0.368. The van der Waals surface area contributed by atoms with Gasteiger partial charge in [-0.2, -0.15) is 0 Å². The first-order chi connectivity index (χ1) is 11.1. The van der Waals surface area contributed by atoms with E-state index in [1.807, 2.05) is 24.3 Å². The lowest BCUT2D eigenvalue weighted by atomic mass is 9.90. The first-order valence-electron chi connectivity index (χ1n) is 7.55. The van der Waals surface area contributed by atoms with E-state index < -0.39 is 18.1 Å². The van der Waals surface area contributed by atoms with Crippen molar-refractivity contribution in [3.63, 3.8) is 0 Å². The molecule has 0 bridgehead atoms. The van der Waals surface area contributed by atoms with Crippen LogP contribution in [-0.4, -0.2) is 17.0 Å². The number of fused-ring (bicyclic) bond motifs is 3. The number of rotatable bonds is 2. The first kappa shape index (κ1) is 14.0. The van der Waals surface area contributed by atoms with Gasteiger partial charge in [-0.3, -0.25) is 0 Å². The highest BCUT2D eigenvalue weighted by Gasteiger charge is 2.35. The summed E-state index contributed by atoms with van der Waals surface area (Å²) in [6.45, 7) is 0. The van der Waals surface area contributed by atoms with Crippen molar-refractivity contribution in [1.82, 2.24) is 4.98 Å². The Bertz CT molecular complexity index is 903. The lowest BCUT2D eigenvalue weighted by Gasteiger charge is -2.29. The van der Waals surface area contributed by atoms with Crippen LogP contribution in [-0.2, 0) is 11.2 Å². The average Bonchev–Trinajstić information content (AvgIpc) is 2.93. The fourth-order valence-corrected chi connectivity index (χ4v) is 3.47. The molecule has 0 radical (unpaired) electrons. The summed E-state index contributed by atoms with van der Waals surface area (Å²) in [5.41, 5.74) is 3.22. The predicted molar refractivity (Wildman–Crippen MR) is 81.0 cm³/mol. The molecule has 2 heterocycles. The number of carboxylic acid groups (broad SMARTS) is 1. The number of carboxylic acids is 1. The Morgan fingerprint density at radius 1 is 1.17 bits per heavy atom. The van der Waals surface area contributed by atoms with Crippen molar-refractivity contribution in [2.75, 3.05) is 0 Å². The number of halogens is 1.